The monoisotopic (exact) mass is 398 g/mol. The van der Waals surface area contributed by atoms with Crippen molar-refractivity contribution in [3.8, 4) is 11.8 Å². The molecular formula is C25H22N2O3. The first-order chi connectivity index (χ1) is 14.5. The lowest BCUT2D eigenvalue weighted by molar-refractivity contribution is -0.140. The molecule has 0 aromatic heterocycles. The van der Waals surface area contributed by atoms with Gasteiger partial charge >= 0.3 is 0 Å². The third-order valence-corrected chi connectivity index (χ3v) is 4.85. The van der Waals surface area contributed by atoms with Gasteiger partial charge in [-0.2, -0.15) is 5.26 Å². The molecular weight excluding hydrogens is 376 g/mol. The second-order valence-electron chi connectivity index (χ2n) is 6.84. The molecule has 0 saturated carbocycles. The van der Waals surface area contributed by atoms with Crippen LogP contribution in [-0.2, 0) is 16.0 Å². The van der Waals surface area contributed by atoms with E-state index in [-0.39, 0.29) is 18.0 Å². The number of imide groups is 1. The van der Waals surface area contributed by atoms with Crippen molar-refractivity contribution in [3.63, 3.8) is 0 Å². The fourth-order valence-corrected chi connectivity index (χ4v) is 3.20. The number of carbonyl (C=O) groups excluding carboxylic acids is 2. The minimum absolute atomic E-state index is 0.000141. The first-order valence-electron chi connectivity index (χ1n) is 9.62. The molecule has 5 nitrogen and oxygen atoms in total. The van der Waals surface area contributed by atoms with E-state index in [1.165, 1.54) is 0 Å². The second kappa shape index (κ2) is 9.53. The Balaban J connectivity index is 1.88. The molecule has 2 amide bonds. The van der Waals surface area contributed by atoms with Gasteiger partial charge in [0, 0.05) is 12.1 Å². The van der Waals surface area contributed by atoms with Crippen molar-refractivity contribution in [2.75, 3.05) is 13.2 Å². The number of rotatable bonds is 7. The number of hydrogen-bond donors (Lipinski definition) is 0. The molecule has 150 valence electrons. The molecule has 0 radical (unpaired) electrons. The average Bonchev–Trinajstić information content (AvgIpc) is 2.77. The molecule has 0 bridgehead atoms. The molecule has 0 unspecified atom stereocenters. The third-order valence-electron chi connectivity index (χ3n) is 4.85. The summed E-state index contributed by atoms with van der Waals surface area (Å²) in [6, 6.07) is 18.8. The van der Waals surface area contributed by atoms with Crippen LogP contribution in [0.4, 0.5) is 0 Å². The summed E-state index contributed by atoms with van der Waals surface area (Å²) < 4.78 is 5.47. The van der Waals surface area contributed by atoms with Crippen LogP contribution in [-0.4, -0.2) is 29.9 Å². The van der Waals surface area contributed by atoms with Gasteiger partial charge in [-0.05, 0) is 48.3 Å². The van der Waals surface area contributed by atoms with Gasteiger partial charge in [0.2, 0.25) is 0 Å². The number of hydrogen-bond acceptors (Lipinski definition) is 4. The summed E-state index contributed by atoms with van der Waals surface area (Å²) in [4.78, 5) is 27.0. The lowest BCUT2D eigenvalue weighted by Gasteiger charge is -2.27. The largest absolute Gasteiger partial charge is 0.490 e. The Bertz CT molecular complexity index is 1060. The summed E-state index contributed by atoms with van der Waals surface area (Å²) >= 11 is 0. The van der Waals surface area contributed by atoms with Gasteiger partial charge in [-0.25, -0.2) is 0 Å². The highest BCUT2D eigenvalue weighted by molar-refractivity contribution is 6.19. The standard InChI is InChI=1S/C25H22N2O3/c1-3-15-30-21-11-9-20(10-12-21)16-22-18(2)23(17-26)25(29)27(24(22)28)14-13-19-7-5-4-6-8-19/h3-12,16H,1,13-15H2,2H3/b22-16+. The summed E-state index contributed by atoms with van der Waals surface area (Å²) in [6.45, 7) is 5.87. The molecule has 0 N–H and O–H groups in total. The van der Waals surface area contributed by atoms with Crippen molar-refractivity contribution in [3.05, 3.63) is 95.1 Å². The van der Waals surface area contributed by atoms with Crippen molar-refractivity contribution < 1.29 is 14.3 Å². The summed E-state index contributed by atoms with van der Waals surface area (Å²) in [7, 11) is 0. The molecule has 0 fully saturated rings. The van der Waals surface area contributed by atoms with E-state index in [4.69, 9.17) is 4.74 Å². The fraction of sp³-hybridized carbons (Fsp3) is 0.160. The SMILES string of the molecule is C=CCOc1ccc(/C=C2/C(=O)N(CCc3ccccc3)C(=O)C(C#N)=C2C)cc1. The lowest BCUT2D eigenvalue weighted by Crippen LogP contribution is -2.43. The highest BCUT2D eigenvalue weighted by atomic mass is 16.5. The van der Waals surface area contributed by atoms with E-state index < -0.39 is 5.91 Å². The molecule has 1 heterocycles. The first kappa shape index (κ1) is 20.8. The molecule has 1 aliphatic rings. The Hall–Kier alpha value is -3.91. The van der Waals surface area contributed by atoms with Crippen LogP contribution in [0, 0.1) is 11.3 Å². The van der Waals surface area contributed by atoms with Crippen molar-refractivity contribution in [1.29, 1.82) is 5.26 Å². The molecule has 0 atom stereocenters. The van der Waals surface area contributed by atoms with Crippen molar-refractivity contribution in [2.24, 2.45) is 0 Å². The van der Waals surface area contributed by atoms with Crippen LogP contribution in [0.15, 0.2) is 84.0 Å². The number of nitriles is 1. The predicted molar refractivity (Wildman–Crippen MR) is 115 cm³/mol. The Kier molecular flexibility index (Phi) is 6.61. The van der Waals surface area contributed by atoms with Crippen LogP contribution >= 0.6 is 0 Å². The van der Waals surface area contributed by atoms with Crippen molar-refractivity contribution in [1.82, 2.24) is 4.90 Å². The molecule has 2 aromatic rings. The first-order valence-corrected chi connectivity index (χ1v) is 9.62. The molecule has 0 saturated heterocycles. The molecule has 2 aromatic carbocycles. The Morgan fingerprint density at radius 3 is 2.40 bits per heavy atom. The van der Waals surface area contributed by atoms with Gasteiger partial charge < -0.3 is 4.74 Å². The average molecular weight is 398 g/mol. The molecule has 0 aliphatic carbocycles. The van der Waals surface area contributed by atoms with Gasteiger partial charge in [-0.15, -0.1) is 0 Å². The molecule has 5 heteroatoms. The normalized spacial score (nSPS) is 15.3. The van der Waals surface area contributed by atoms with Gasteiger partial charge in [0.15, 0.2) is 0 Å². The second-order valence-corrected chi connectivity index (χ2v) is 6.84. The number of amides is 2. The van der Waals surface area contributed by atoms with E-state index in [1.54, 1.807) is 31.2 Å². The lowest BCUT2D eigenvalue weighted by atomic mass is 9.93. The van der Waals surface area contributed by atoms with Gasteiger partial charge in [0.05, 0.1) is 0 Å². The van der Waals surface area contributed by atoms with Crippen LogP contribution in [0.2, 0.25) is 0 Å². The maximum atomic E-state index is 13.1. The maximum Gasteiger partial charge on any atom is 0.271 e. The van der Waals surface area contributed by atoms with Gasteiger partial charge in [0.1, 0.15) is 24.0 Å². The molecule has 0 spiro atoms. The van der Waals surface area contributed by atoms with E-state index in [0.717, 1.165) is 16.0 Å². The fourth-order valence-electron chi connectivity index (χ4n) is 3.20. The number of ether oxygens (including phenoxy) is 1. The number of nitrogens with zero attached hydrogens (tertiary/aromatic N) is 2. The van der Waals surface area contributed by atoms with E-state index in [2.05, 4.69) is 6.58 Å². The minimum Gasteiger partial charge on any atom is -0.490 e. The van der Waals surface area contributed by atoms with Gasteiger partial charge in [-0.1, -0.05) is 55.1 Å². The predicted octanol–water partition coefficient (Wildman–Crippen LogP) is 4.09. The van der Waals surface area contributed by atoms with Crippen LogP contribution < -0.4 is 4.74 Å². The van der Waals surface area contributed by atoms with E-state index >= 15 is 0 Å². The molecule has 30 heavy (non-hydrogen) atoms. The van der Waals surface area contributed by atoms with Gasteiger partial charge in [-0.3, -0.25) is 14.5 Å². The zero-order valence-corrected chi connectivity index (χ0v) is 16.8. The summed E-state index contributed by atoms with van der Waals surface area (Å²) in [5.74, 6) is -0.239. The highest BCUT2D eigenvalue weighted by Gasteiger charge is 2.35. The Morgan fingerprint density at radius 2 is 1.77 bits per heavy atom. The van der Waals surface area contributed by atoms with Crippen molar-refractivity contribution >= 4 is 17.9 Å². The van der Waals surface area contributed by atoms with Crippen LogP contribution in [0.5, 0.6) is 5.75 Å². The Morgan fingerprint density at radius 1 is 1.07 bits per heavy atom. The zero-order valence-electron chi connectivity index (χ0n) is 16.8. The van der Waals surface area contributed by atoms with E-state index in [1.807, 2.05) is 48.5 Å². The number of carbonyl (C=O) groups is 2. The molecule has 3 rings (SSSR count). The van der Waals surface area contributed by atoms with E-state index in [0.29, 0.717) is 29.9 Å². The third kappa shape index (κ3) is 4.56. The summed E-state index contributed by atoms with van der Waals surface area (Å²) in [5, 5.41) is 9.51. The van der Waals surface area contributed by atoms with Gasteiger partial charge in [0.25, 0.3) is 11.8 Å². The minimum atomic E-state index is -0.541. The highest BCUT2D eigenvalue weighted by Crippen LogP contribution is 2.27. The van der Waals surface area contributed by atoms with Crippen LogP contribution in [0.25, 0.3) is 6.08 Å². The Labute approximate surface area is 176 Å². The smallest absolute Gasteiger partial charge is 0.271 e. The van der Waals surface area contributed by atoms with E-state index in [9.17, 15) is 14.9 Å². The summed E-state index contributed by atoms with van der Waals surface area (Å²) in [5.41, 5.74) is 2.54. The molecule has 1 aliphatic heterocycles. The van der Waals surface area contributed by atoms with Crippen LogP contribution in [0.3, 0.4) is 0 Å². The van der Waals surface area contributed by atoms with Crippen molar-refractivity contribution in [2.45, 2.75) is 13.3 Å². The summed E-state index contributed by atoms with van der Waals surface area (Å²) in [6.07, 6.45) is 3.89. The maximum absolute atomic E-state index is 13.1. The zero-order chi connectivity index (χ0) is 21.5. The van der Waals surface area contributed by atoms with Crippen LogP contribution in [0.1, 0.15) is 18.1 Å². The number of benzene rings is 2. The topological polar surface area (TPSA) is 70.4 Å². The quantitative estimate of drug-likeness (QED) is 0.400.